The van der Waals surface area contributed by atoms with Gasteiger partial charge in [0.1, 0.15) is 0 Å². The third kappa shape index (κ3) is 2.41. The van der Waals surface area contributed by atoms with Crippen LogP contribution in [0, 0.1) is 11.3 Å². The Morgan fingerprint density at radius 2 is 2.18 bits per heavy atom. The van der Waals surface area contributed by atoms with E-state index in [1.165, 1.54) is 12.8 Å². The van der Waals surface area contributed by atoms with E-state index < -0.39 is 6.03 Å². The minimum atomic E-state index is -0.408. The van der Waals surface area contributed by atoms with E-state index in [0.717, 1.165) is 6.54 Å². The molecule has 3 heteroatoms. The van der Waals surface area contributed by atoms with Gasteiger partial charge < -0.3 is 11.1 Å². The van der Waals surface area contributed by atoms with Crippen LogP contribution in [0.5, 0.6) is 0 Å². The Hall–Kier alpha value is -0.730. The van der Waals surface area contributed by atoms with E-state index in [1.54, 1.807) is 0 Å². The third-order valence-corrected chi connectivity index (χ3v) is 2.25. The van der Waals surface area contributed by atoms with Gasteiger partial charge in [-0.2, -0.15) is 0 Å². The number of urea groups is 1. The number of hydrogen-bond donors (Lipinski definition) is 2. The topological polar surface area (TPSA) is 55.1 Å². The highest BCUT2D eigenvalue weighted by Gasteiger charge is 2.35. The zero-order valence-electron chi connectivity index (χ0n) is 7.18. The molecule has 0 spiro atoms. The second kappa shape index (κ2) is 2.72. The number of carbonyl (C=O) groups is 1. The molecule has 11 heavy (non-hydrogen) atoms. The maximum atomic E-state index is 10.3. The molecule has 0 unspecified atom stereocenters. The van der Waals surface area contributed by atoms with E-state index >= 15 is 0 Å². The molecule has 0 bridgehead atoms. The lowest BCUT2D eigenvalue weighted by Gasteiger charge is -2.42. The summed E-state index contributed by atoms with van der Waals surface area (Å²) < 4.78 is 0. The fraction of sp³-hybridized carbons (Fsp3) is 0.875. The van der Waals surface area contributed by atoms with Crippen molar-refractivity contribution in [2.24, 2.45) is 17.1 Å². The van der Waals surface area contributed by atoms with Crippen LogP contribution in [0.25, 0.3) is 0 Å². The van der Waals surface area contributed by atoms with Crippen molar-refractivity contribution in [2.75, 3.05) is 6.54 Å². The lowest BCUT2D eigenvalue weighted by Crippen LogP contribution is -2.41. The Labute approximate surface area is 67.3 Å². The normalized spacial score (nSPS) is 22.4. The Morgan fingerprint density at radius 1 is 1.64 bits per heavy atom. The van der Waals surface area contributed by atoms with Crippen molar-refractivity contribution >= 4 is 6.03 Å². The molecule has 1 fully saturated rings. The molecule has 0 radical (unpaired) electrons. The molecular formula is C8H16N2O. The van der Waals surface area contributed by atoms with Crippen LogP contribution in [0.3, 0.4) is 0 Å². The van der Waals surface area contributed by atoms with Gasteiger partial charge in [-0.15, -0.1) is 0 Å². The Kier molecular flexibility index (Phi) is 2.07. The first kappa shape index (κ1) is 8.37. The molecule has 0 aliphatic heterocycles. The average Bonchev–Trinajstić information content (AvgIpc) is 1.78. The van der Waals surface area contributed by atoms with Crippen molar-refractivity contribution in [3.63, 3.8) is 0 Å². The molecular weight excluding hydrogens is 140 g/mol. The van der Waals surface area contributed by atoms with Crippen LogP contribution in [0.2, 0.25) is 0 Å². The van der Waals surface area contributed by atoms with Gasteiger partial charge in [-0.3, -0.25) is 0 Å². The maximum absolute atomic E-state index is 10.3. The van der Waals surface area contributed by atoms with Crippen LogP contribution < -0.4 is 11.1 Å². The highest BCUT2D eigenvalue weighted by Crippen LogP contribution is 2.44. The lowest BCUT2D eigenvalue weighted by molar-refractivity contribution is 0.0977. The van der Waals surface area contributed by atoms with Crippen molar-refractivity contribution in [3.8, 4) is 0 Å². The summed E-state index contributed by atoms with van der Waals surface area (Å²) in [5, 5.41) is 2.62. The molecule has 0 atom stereocenters. The molecule has 0 saturated heterocycles. The van der Waals surface area contributed by atoms with E-state index in [0.29, 0.717) is 11.3 Å². The highest BCUT2D eigenvalue weighted by atomic mass is 16.2. The number of carbonyl (C=O) groups excluding carboxylic acids is 1. The molecule has 1 saturated carbocycles. The van der Waals surface area contributed by atoms with E-state index in [4.69, 9.17) is 5.73 Å². The number of nitrogens with one attached hydrogen (secondary N) is 1. The minimum Gasteiger partial charge on any atom is -0.352 e. The zero-order chi connectivity index (χ0) is 8.48. The summed E-state index contributed by atoms with van der Waals surface area (Å²) in [5.74, 6) is 0.650. The van der Waals surface area contributed by atoms with Gasteiger partial charge in [0.05, 0.1) is 0 Å². The quantitative estimate of drug-likeness (QED) is 0.617. The lowest BCUT2D eigenvalue weighted by atomic mass is 9.64. The van der Waals surface area contributed by atoms with E-state index in [-0.39, 0.29) is 0 Å². The number of nitrogens with two attached hydrogens (primary N) is 1. The molecule has 3 N–H and O–H groups in total. The summed E-state index contributed by atoms with van der Waals surface area (Å²) in [6, 6.07) is -0.408. The van der Waals surface area contributed by atoms with Gasteiger partial charge in [0.25, 0.3) is 0 Å². The minimum absolute atomic E-state index is 0.408. The monoisotopic (exact) mass is 156 g/mol. The number of rotatable bonds is 2. The van der Waals surface area contributed by atoms with Gasteiger partial charge in [0, 0.05) is 6.54 Å². The van der Waals surface area contributed by atoms with Gasteiger partial charge in [-0.1, -0.05) is 13.8 Å². The molecule has 1 rings (SSSR count). The smallest absolute Gasteiger partial charge is 0.312 e. The first-order valence-electron chi connectivity index (χ1n) is 4.03. The predicted octanol–water partition coefficient (Wildman–Crippen LogP) is 1.09. The van der Waals surface area contributed by atoms with Crippen LogP contribution in [-0.4, -0.2) is 12.6 Å². The van der Waals surface area contributed by atoms with E-state index in [2.05, 4.69) is 19.2 Å². The standard InChI is InChI=1S/C8H16N2O/c1-8(2)3-6(4-8)5-10-7(9)11/h6H,3-5H2,1-2H3,(H3,9,10,11). The number of amides is 2. The summed E-state index contributed by atoms with van der Waals surface area (Å²) >= 11 is 0. The van der Waals surface area contributed by atoms with Gasteiger partial charge in [0.15, 0.2) is 0 Å². The van der Waals surface area contributed by atoms with Crippen LogP contribution >= 0.6 is 0 Å². The van der Waals surface area contributed by atoms with Crippen LogP contribution in [-0.2, 0) is 0 Å². The molecule has 0 aromatic carbocycles. The van der Waals surface area contributed by atoms with E-state index in [9.17, 15) is 4.79 Å². The molecule has 3 nitrogen and oxygen atoms in total. The number of primary amides is 1. The van der Waals surface area contributed by atoms with Crippen LogP contribution in [0.15, 0.2) is 0 Å². The van der Waals surface area contributed by atoms with Gasteiger partial charge >= 0.3 is 6.03 Å². The van der Waals surface area contributed by atoms with Gasteiger partial charge in [0.2, 0.25) is 0 Å². The SMILES string of the molecule is CC1(C)CC(CNC(N)=O)C1. The fourth-order valence-corrected chi connectivity index (χ4v) is 1.89. The van der Waals surface area contributed by atoms with Gasteiger partial charge in [-0.05, 0) is 24.2 Å². The average molecular weight is 156 g/mol. The second-order valence-electron chi connectivity index (χ2n) is 4.18. The molecule has 1 aliphatic carbocycles. The van der Waals surface area contributed by atoms with Crippen molar-refractivity contribution in [2.45, 2.75) is 26.7 Å². The summed E-state index contributed by atoms with van der Waals surface area (Å²) in [7, 11) is 0. The van der Waals surface area contributed by atoms with Crippen molar-refractivity contribution in [1.29, 1.82) is 0 Å². The Balaban J connectivity index is 2.09. The zero-order valence-corrected chi connectivity index (χ0v) is 7.18. The van der Waals surface area contributed by atoms with Crippen LogP contribution in [0.1, 0.15) is 26.7 Å². The first-order chi connectivity index (χ1) is 4.99. The predicted molar refractivity (Wildman–Crippen MR) is 44.1 cm³/mol. The summed E-state index contributed by atoms with van der Waals surface area (Å²) in [4.78, 5) is 10.3. The Morgan fingerprint density at radius 3 is 2.55 bits per heavy atom. The molecule has 64 valence electrons. The van der Waals surface area contributed by atoms with E-state index in [1.807, 2.05) is 0 Å². The summed E-state index contributed by atoms with van der Waals surface area (Å²) in [6.45, 7) is 5.24. The third-order valence-electron chi connectivity index (χ3n) is 2.25. The molecule has 2 amide bonds. The molecule has 0 aromatic rings. The second-order valence-corrected chi connectivity index (χ2v) is 4.18. The largest absolute Gasteiger partial charge is 0.352 e. The first-order valence-corrected chi connectivity index (χ1v) is 4.03. The molecule has 0 aromatic heterocycles. The molecule has 1 aliphatic rings. The fourth-order valence-electron chi connectivity index (χ4n) is 1.89. The van der Waals surface area contributed by atoms with Crippen molar-refractivity contribution < 1.29 is 4.79 Å². The highest BCUT2D eigenvalue weighted by molar-refractivity contribution is 5.71. The van der Waals surface area contributed by atoms with Gasteiger partial charge in [-0.25, -0.2) is 4.79 Å². The summed E-state index contributed by atoms with van der Waals surface area (Å²) in [6.07, 6.45) is 2.40. The Bertz CT molecular complexity index is 157. The molecule has 0 heterocycles. The number of hydrogen-bond acceptors (Lipinski definition) is 1. The van der Waals surface area contributed by atoms with Crippen LogP contribution in [0.4, 0.5) is 4.79 Å². The maximum Gasteiger partial charge on any atom is 0.312 e. The summed E-state index contributed by atoms with van der Waals surface area (Å²) in [5.41, 5.74) is 5.43. The van der Waals surface area contributed by atoms with Crippen molar-refractivity contribution in [3.05, 3.63) is 0 Å². The van der Waals surface area contributed by atoms with Crippen molar-refractivity contribution in [1.82, 2.24) is 5.32 Å².